The van der Waals surface area contributed by atoms with E-state index in [0.29, 0.717) is 0 Å². The summed E-state index contributed by atoms with van der Waals surface area (Å²) in [5.41, 5.74) is 1.65. The van der Waals surface area contributed by atoms with Gasteiger partial charge in [-0.1, -0.05) is 0 Å². The summed E-state index contributed by atoms with van der Waals surface area (Å²) in [5.74, 6) is 3.13. The fourth-order valence-corrected chi connectivity index (χ4v) is 1.58. The zero-order chi connectivity index (χ0) is 10.9. The Morgan fingerprint density at radius 3 is 2.80 bits per heavy atom. The Hall–Kier alpha value is -1.47. The molecule has 2 aromatic rings. The summed E-state index contributed by atoms with van der Waals surface area (Å²) in [4.78, 5) is 11.4. The fraction of sp³-hybridized carbons (Fsp3) is 0.273. The van der Waals surface area contributed by atoms with Crippen molar-refractivity contribution in [2.24, 2.45) is 0 Å². The molecular formula is C11H13N3S. The minimum Gasteiger partial charge on any atom is -0.346 e. The highest BCUT2D eigenvalue weighted by Gasteiger charge is 2.02. The van der Waals surface area contributed by atoms with Crippen molar-refractivity contribution in [3.8, 4) is 11.2 Å². The van der Waals surface area contributed by atoms with E-state index in [-0.39, 0.29) is 0 Å². The summed E-state index contributed by atoms with van der Waals surface area (Å²) >= 11 is 0. The van der Waals surface area contributed by atoms with Crippen LogP contribution < -0.4 is 0 Å². The van der Waals surface area contributed by atoms with Gasteiger partial charge >= 0.3 is 0 Å². The van der Waals surface area contributed by atoms with E-state index in [0.717, 1.165) is 16.7 Å². The standard InChI is InChI=1S/C11H13N3S/c1-15(2,3)7-5-10-9-4-6-12-11(9)14-8-13-10/h4,6,8H,1-3H3,(H,12,13,14). The SMILES string of the molecule is CS(C)(C)C#Cc1ncnc2[nH]ccc12. The lowest BCUT2D eigenvalue weighted by molar-refractivity contribution is 1.18. The minimum absolute atomic E-state index is 0.806. The quantitative estimate of drug-likeness (QED) is 0.688. The van der Waals surface area contributed by atoms with Crippen molar-refractivity contribution in [2.75, 3.05) is 18.8 Å². The summed E-state index contributed by atoms with van der Waals surface area (Å²) in [6.07, 6.45) is 9.88. The second-order valence-corrected chi connectivity index (χ2v) is 7.90. The molecule has 2 rings (SSSR count). The Kier molecular flexibility index (Phi) is 2.41. The molecule has 0 atom stereocenters. The smallest absolute Gasteiger partial charge is 0.141 e. The lowest BCUT2D eigenvalue weighted by Gasteiger charge is -2.14. The number of rotatable bonds is 0. The normalized spacial score (nSPS) is 12.2. The van der Waals surface area contributed by atoms with E-state index in [4.69, 9.17) is 0 Å². The first kappa shape index (κ1) is 10.1. The van der Waals surface area contributed by atoms with Gasteiger partial charge < -0.3 is 4.98 Å². The third-order valence-electron chi connectivity index (χ3n) is 1.83. The lowest BCUT2D eigenvalue weighted by atomic mass is 10.3. The van der Waals surface area contributed by atoms with Crippen molar-refractivity contribution in [2.45, 2.75) is 0 Å². The lowest BCUT2D eigenvalue weighted by Crippen LogP contribution is -1.89. The Morgan fingerprint density at radius 2 is 2.07 bits per heavy atom. The molecule has 0 aliphatic heterocycles. The van der Waals surface area contributed by atoms with Crippen molar-refractivity contribution < 1.29 is 0 Å². The van der Waals surface area contributed by atoms with Crippen LogP contribution in [0.3, 0.4) is 0 Å². The van der Waals surface area contributed by atoms with Crippen LogP contribution in [-0.2, 0) is 0 Å². The van der Waals surface area contributed by atoms with Crippen LogP contribution in [0.1, 0.15) is 5.69 Å². The van der Waals surface area contributed by atoms with E-state index in [1.165, 1.54) is 0 Å². The van der Waals surface area contributed by atoms with Crippen molar-refractivity contribution >= 4 is 21.1 Å². The van der Waals surface area contributed by atoms with Crippen LogP contribution in [0.15, 0.2) is 18.6 Å². The topological polar surface area (TPSA) is 41.6 Å². The Morgan fingerprint density at radius 1 is 1.27 bits per heavy atom. The van der Waals surface area contributed by atoms with Gasteiger partial charge in [-0.25, -0.2) is 9.97 Å². The van der Waals surface area contributed by atoms with Crippen molar-refractivity contribution in [3.63, 3.8) is 0 Å². The molecular weight excluding hydrogens is 206 g/mol. The molecule has 0 aliphatic rings. The first-order valence-electron chi connectivity index (χ1n) is 4.55. The van der Waals surface area contributed by atoms with Gasteiger partial charge in [-0.15, -0.1) is 0 Å². The average Bonchev–Trinajstić information content (AvgIpc) is 2.61. The van der Waals surface area contributed by atoms with Crippen LogP contribution in [0.25, 0.3) is 11.0 Å². The predicted molar refractivity (Wildman–Crippen MR) is 66.1 cm³/mol. The molecule has 0 spiro atoms. The number of nitrogens with one attached hydrogen (secondary N) is 1. The minimum atomic E-state index is -0.806. The third-order valence-corrected chi connectivity index (χ3v) is 2.54. The molecule has 0 saturated heterocycles. The van der Waals surface area contributed by atoms with Gasteiger partial charge in [0.2, 0.25) is 0 Å². The van der Waals surface area contributed by atoms with E-state index in [9.17, 15) is 0 Å². The van der Waals surface area contributed by atoms with Crippen molar-refractivity contribution in [1.29, 1.82) is 0 Å². The molecule has 0 radical (unpaired) electrons. The van der Waals surface area contributed by atoms with Gasteiger partial charge in [-0.2, -0.15) is 10.0 Å². The molecule has 2 heterocycles. The van der Waals surface area contributed by atoms with Crippen molar-refractivity contribution in [1.82, 2.24) is 15.0 Å². The Balaban J connectivity index is 2.51. The maximum atomic E-state index is 4.19. The van der Waals surface area contributed by atoms with Crippen LogP contribution in [0, 0.1) is 11.2 Å². The number of hydrogen-bond donors (Lipinski definition) is 1. The van der Waals surface area contributed by atoms with Gasteiger partial charge in [-0.3, -0.25) is 0 Å². The molecule has 1 N–H and O–H groups in total. The molecule has 0 aromatic carbocycles. The molecule has 0 unspecified atom stereocenters. The van der Waals surface area contributed by atoms with E-state index < -0.39 is 10.0 Å². The number of aromatic amines is 1. The van der Waals surface area contributed by atoms with E-state index in [1.807, 2.05) is 12.3 Å². The van der Waals surface area contributed by atoms with Crippen LogP contribution in [-0.4, -0.2) is 33.7 Å². The second-order valence-electron chi connectivity index (χ2n) is 4.03. The highest BCUT2D eigenvalue weighted by molar-refractivity contribution is 8.35. The molecule has 4 heteroatoms. The third kappa shape index (κ3) is 2.31. The summed E-state index contributed by atoms with van der Waals surface area (Å²) in [6.45, 7) is 0. The first-order valence-corrected chi connectivity index (χ1v) is 7.41. The first-order chi connectivity index (χ1) is 7.06. The van der Waals surface area contributed by atoms with Gasteiger partial charge in [0.15, 0.2) is 0 Å². The maximum Gasteiger partial charge on any atom is 0.141 e. The van der Waals surface area contributed by atoms with E-state index >= 15 is 0 Å². The molecule has 0 fully saturated rings. The fourth-order valence-electron chi connectivity index (χ4n) is 1.17. The summed E-state index contributed by atoms with van der Waals surface area (Å²) < 4.78 is 0. The molecule has 15 heavy (non-hydrogen) atoms. The second kappa shape index (κ2) is 3.59. The van der Waals surface area contributed by atoms with Gasteiger partial charge in [0.25, 0.3) is 0 Å². The monoisotopic (exact) mass is 219 g/mol. The number of fused-ring (bicyclic) bond motifs is 1. The highest BCUT2D eigenvalue weighted by Crippen LogP contribution is 2.32. The maximum absolute atomic E-state index is 4.19. The van der Waals surface area contributed by atoms with Gasteiger partial charge in [0, 0.05) is 6.20 Å². The molecule has 3 nitrogen and oxygen atoms in total. The Labute approximate surface area is 90.6 Å². The Bertz CT molecular complexity index is 540. The number of aromatic nitrogens is 3. The van der Waals surface area contributed by atoms with Gasteiger partial charge in [0.05, 0.1) is 5.39 Å². The number of hydrogen-bond acceptors (Lipinski definition) is 2. The average molecular weight is 219 g/mol. The molecule has 78 valence electrons. The zero-order valence-electron chi connectivity index (χ0n) is 9.03. The van der Waals surface area contributed by atoms with E-state index in [2.05, 4.69) is 44.9 Å². The number of nitrogens with zero attached hydrogens (tertiary/aromatic N) is 2. The summed E-state index contributed by atoms with van der Waals surface area (Å²) in [7, 11) is -0.806. The van der Waals surface area contributed by atoms with Gasteiger partial charge in [-0.05, 0) is 36.0 Å². The summed E-state index contributed by atoms with van der Waals surface area (Å²) in [6, 6.07) is 1.96. The number of H-pyrrole nitrogens is 1. The molecule has 0 saturated carbocycles. The van der Waals surface area contributed by atoms with Crippen LogP contribution in [0.2, 0.25) is 0 Å². The molecule has 0 amide bonds. The van der Waals surface area contributed by atoms with E-state index in [1.54, 1.807) is 6.33 Å². The largest absolute Gasteiger partial charge is 0.346 e. The highest BCUT2D eigenvalue weighted by atomic mass is 32.3. The predicted octanol–water partition coefficient (Wildman–Crippen LogP) is 1.96. The molecule has 0 bridgehead atoms. The van der Waals surface area contributed by atoms with Crippen molar-refractivity contribution in [3.05, 3.63) is 24.3 Å². The summed E-state index contributed by atoms with van der Waals surface area (Å²) in [5, 5.41) is 4.24. The van der Waals surface area contributed by atoms with Crippen LogP contribution in [0.5, 0.6) is 0 Å². The van der Waals surface area contributed by atoms with Gasteiger partial charge in [0.1, 0.15) is 17.7 Å². The van der Waals surface area contributed by atoms with Crippen LogP contribution >= 0.6 is 10.0 Å². The molecule has 2 aromatic heterocycles. The molecule has 0 aliphatic carbocycles. The van der Waals surface area contributed by atoms with Crippen LogP contribution in [0.4, 0.5) is 0 Å². The zero-order valence-corrected chi connectivity index (χ0v) is 9.85.